The number of rotatable bonds is 12. The van der Waals surface area contributed by atoms with Crippen molar-refractivity contribution in [3.63, 3.8) is 0 Å². The average Bonchev–Trinajstić information content (AvgIpc) is 3.50. The summed E-state index contributed by atoms with van der Waals surface area (Å²) in [6.07, 6.45) is 6.14. The van der Waals surface area contributed by atoms with Crippen molar-refractivity contribution in [1.29, 1.82) is 0 Å². The number of imidazole rings is 1. The van der Waals surface area contributed by atoms with Crippen LogP contribution in [-0.4, -0.2) is 28.6 Å². The quantitative estimate of drug-likeness (QED) is 0.296. The fourth-order valence-corrected chi connectivity index (χ4v) is 3.89. The Morgan fingerprint density at radius 3 is 2.67 bits per heavy atom. The van der Waals surface area contributed by atoms with Crippen molar-refractivity contribution in [3.05, 3.63) is 84.1 Å². The molecule has 2 aromatic carbocycles. The van der Waals surface area contributed by atoms with Gasteiger partial charge in [-0.25, -0.2) is 4.98 Å². The van der Waals surface area contributed by atoms with Crippen LogP contribution < -0.4 is 10.1 Å². The number of carbonyl (C=O) groups is 1. The van der Waals surface area contributed by atoms with Gasteiger partial charge in [0.25, 0.3) is 5.91 Å². The zero-order chi connectivity index (χ0) is 22.9. The molecule has 0 aliphatic heterocycles. The molecular formula is C27H31N3O3. The van der Waals surface area contributed by atoms with Crippen LogP contribution in [0.25, 0.3) is 11.0 Å². The van der Waals surface area contributed by atoms with Gasteiger partial charge in [-0.15, -0.1) is 0 Å². The summed E-state index contributed by atoms with van der Waals surface area (Å²) in [5.41, 5.74) is 3.49. The average molecular weight is 446 g/mol. The molecule has 1 N–H and O–H groups in total. The van der Waals surface area contributed by atoms with Crippen LogP contribution in [-0.2, 0) is 19.4 Å². The Morgan fingerprint density at radius 1 is 1.03 bits per heavy atom. The van der Waals surface area contributed by atoms with E-state index in [4.69, 9.17) is 14.1 Å². The van der Waals surface area contributed by atoms with Gasteiger partial charge in [-0.1, -0.05) is 31.2 Å². The number of ether oxygens (including phenoxy) is 1. The van der Waals surface area contributed by atoms with E-state index in [1.807, 2.05) is 18.2 Å². The summed E-state index contributed by atoms with van der Waals surface area (Å²) in [7, 11) is 0. The van der Waals surface area contributed by atoms with Crippen molar-refractivity contribution in [2.45, 2.75) is 45.6 Å². The van der Waals surface area contributed by atoms with Crippen molar-refractivity contribution in [2.24, 2.45) is 0 Å². The molecule has 33 heavy (non-hydrogen) atoms. The molecular weight excluding hydrogens is 414 g/mol. The number of aryl methyl sites for hydroxylation is 3. The van der Waals surface area contributed by atoms with E-state index in [-0.39, 0.29) is 5.91 Å². The number of aromatic nitrogens is 2. The van der Waals surface area contributed by atoms with E-state index in [0.717, 1.165) is 61.3 Å². The first kappa shape index (κ1) is 22.6. The fraction of sp³-hybridized carbons (Fsp3) is 0.333. The second-order valence-corrected chi connectivity index (χ2v) is 8.06. The maximum Gasteiger partial charge on any atom is 0.286 e. The summed E-state index contributed by atoms with van der Waals surface area (Å²) in [6, 6.07) is 20.0. The van der Waals surface area contributed by atoms with Crippen LogP contribution in [0.1, 0.15) is 48.1 Å². The highest BCUT2D eigenvalue weighted by Crippen LogP contribution is 2.19. The minimum Gasteiger partial charge on any atom is -0.494 e. The van der Waals surface area contributed by atoms with Gasteiger partial charge < -0.3 is 19.0 Å². The number of carbonyl (C=O) groups excluding carboxylic acids is 1. The number of unbranched alkanes of at least 4 members (excludes halogenated alkanes) is 1. The van der Waals surface area contributed by atoms with E-state index in [1.54, 1.807) is 12.1 Å². The molecule has 0 unspecified atom stereocenters. The maximum absolute atomic E-state index is 12.0. The Balaban J connectivity index is 1.27. The largest absolute Gasteiger partial charge is 0.494 e. The third-order valence-corrected chi connectivity index (χ3v) is 5.72. The number of nitrogens with zero attached hydrogens (tertiary/aromatic N) is 2. The number of para-hydroxylation sites is 2. The lowest BCUT2D eigenvalue weighted by molar-refractivity contribution is 0.0925. The Morgan fingerprint density at radius 2 is 1.88 bits per heavy atom. The van der Waals surface area contributed by atoms with Gasteiger partial charge in [-0.05, 0) is 67.6 Å². The first-order chi connectivity index (χ1) is 16.2. The number of benzene rings is 2. The van der Waals surface area contributed by atoms with Crippen molar-refractivity contribution in [1.82, 2.24) is 14.9 Å². The van der Waals surface area contributed by atoms with Gasteiger partial charge in [0.15, 0.2) is 5.76 Å². The van der Waals surface area contributed by atoms with E-state index >= 15 is 0 Å². The van der Waals surface area contributed by atoms with Crippen molar-refractivity contribution < 1.29 is 13.9 Å². The highest BCUT2D eigenvalue weighted by Gasteiger charge is 2.11. The number of nitrogens with one attached hydrogen (secondary N) is 1. The van der Waals surface area contributed by atoms with Gasteiger partial charge in [0.2, 0.25) is 0 Å². The molecule has 0 atom stereocenters. The monoisotopic (exact) mass is 445 g/mol. The molecule has 0 radical (unpaired) electrons. The Hall–Kier alpha value is -3.54. The zero-order valence-corrected chi connectivity index (χ0v) is 19.1. The Bertz CT molecular complexity index is 1150. The Labute approximate surface area is 194 Å². The van der Waals surface area contributed by atoms with Crippen LogP contribution in [0.3, 0.4) is 0 Å². The third-order valence-electron chi connectivity index (χ3n) is 5.72. The third kappa shape index (κ3) is 6.04. The fourth-order valence-electron chi connectivity index (χ4n) is 3.89. The normalized spacial score (nSPS) is 11.1. The molecule has 6 nitrogen and oxygen atoms in total. The van der Waals surface area contributed by atoms with E-state index in [0.29, 0.717) is 18.9 Å². The van der Waals surface area contributed by atoms with Crippen LogP contribution in [0, 0.1) is 0 Å². The summed E-state index contributed by atoms with van der Waals surface area (Å²) in [5, 5.41) is 2.90. The van der Waals surface area contributed by atoms with Crippen molar-refractivity contribution in [3.8, 4) is 5.75 Å². The van der Waals surface area contributed by atoms with Crippen LogP contribution in [0.2, 0.25) is 0 Å². The molecule has 2 aromatic heterocycles. The number of furan rings is 1. The predicted octanol–water partition coefficient (Wildman–Crippen LogP) is 5.41. The molecule has 0 aliphatic rings. The lowest BCUT2D eigenvalue weighted by atomic mass is 10.2. The first-order valence-corrected chi connectivity index (χ1v) is 11.7. The SMILES string of the molecule is CCc1ccc(OCCCCn2c(CCCNC(=O)c3ccco3)nc3ccccc32)cc1. The van der Waals surface area contributed by atoms with Gasteiger partial charge in [0, 0.05) is 19.5 Å². The van der Waals surface area contributed by atoms with Crippen molar-refractivity contribution >= 4 is 16.9 Å². The molecule has 0 spiro atoms. The van der Waals surface area contributed by atoms with Crippen LogP contribution >= 0.6 is 0 Å². The standard InChI is InChI=1S/C27H31N3O3/c1-2-21-13-15-22(16-14-21)32-19-6-5-18-30-24-10-4-3-9-23(24)29-26(30)12-7-17-28-27(31)25-11-8-20-33-25/h3-4,8-11,13-16,20H,2,5-7,12,17-19H2,1H3,(H,28,31). The van der Waals surface area contributed by atoms with Crippen molar-refractivity contribution in [2.75, 3.05) is 13.2 Å². The van der Waals surface area contributed by atoms with Gasteiger partial charge in [-0.3, -0.25) is 4.79 Å². The van der Waals surface area contributed by atoms with Gasteiger partial charge in [0.1, 0.15) is 11.6 Å². The second kappa shape index (κ2) is 11.4. The first-order valence-electron chi connectivity index (χ1n) is 11.7. The molecule has 1 amide bonds. The Kier molecular flexibility index (Phi) is 7.80. The van der Waals surface area contributed by atoms with Crippen LogP contribution in [0.15, 0.2) is 71.3 Å². The lowest BCUT2D eigenvalue weighted by Crippen LogP contribution is -2.24. The molecule has 0 saturated heterocycles. The molecule has 6 heteroatoms. The summed E-state index contributed by atoms with van der Waals surface area (Å²) in [6.45, 7) is 4.33. The maximum atomic E-state index is 12.0. The predicted molar refractivity (Wildman–Crippen MR) is 130 cm³/mol. The summed E-state index contributed by atoms with van der Waals surface area (Å²) in [4.78, 5) is 16.9. The summed E-state index contributed by atoms with van der Waals surface area (Å²) in [5.74, 6) is 2.14. The minimum absolute atomic E-state index is 0.183. The minimum atomic E-state index is -0.183. The summed E-state index contributed by atoms with van der Waals surface area (Å²) < 4.78 is 13.3. The molecule has 4 aromatic rings. The topological polar surface area (TPSA) is 69.3 Å². The molecule has 2 heterocycles. The molecule has 0 saturated carbocycles. The molecule has 0 aliphatic carbocycles. The van der Waals surface area contributed by atoms with Gasteiger partial charge in [-0.2, -0.15) is 0 Å². The lowest BCUT2D eigenvalue weighted by Gasteiger charge is -2.11. The molecule has 0 bridgehead atoms. The highest BCUT2D eigenvalue weighted by molar-refractivity contribution is 5.91. The highest BCUT2D eigenvalue weighted by atomic mass is 16.5. The summed E-state index contributed by atoms with van der Waals surface area (Å²) >= 11 is 0. The van der Waals surface area contributed by atoms with Crippen LogP contribution in [0.4, 0.5) is 0 Å². The van der Waals surface area contributed by atoms with E-state index in [9.17, 15) is 4.79 Å². The smallest absolute Gasteiger partial charge is 0.286 e. The number of hydrogen-bond donors (Lipinski definition) is 1. The van der Waals surface area contributed by atoms with E-state index in [1.165, 1.54) is 11.8 Å². The van der Waals surface area contributed by atoms with Crippen LogP contribution in [0.5, 0.6) is 5.75 Å². The zero-order valence-electron chi connectivity index (χ0n) is 19.1. The molecule has 172 valence electrons. The van der Waals surface area contributed by atoms with Gasteiger partial charge >= 0.3 is 0 Å². The van der Waals surface area contributed by atoms with E-state index in [2.05, 4.69) is 47.1 Å². The number of amides is 1. The molecule has 0 fully saturated rings. The van der Waals surface area contributed by atoms with Gasteiger partial charge in [0.05, 0.1) is 23.9 Å². The molecule has 4 rings (SSSR count). The van der Waals surface area contributed by atoms with E-state index < -0.39 is 0 Å². The number of hydrogen-bond acceptors (Lipinski definition) is 4. The number of fused-ring (bicyclic) bond motifs is 1. The second-order valence-electron chi connectivity index (χ2n) is 8.06.